The van der Waals surface area contributed by atoms with Crippen LogP contribution in [0.15, 0.2) is 59.1 Å². The lowest BCUT2D eigenvalue weighted by atomic mass is 10.3. The Morgan fingerprint density at radius 3 is 2.73 bits per heavy atom. The molecular weight excluding hydrogens is 456 g/mol. The molecule has 1 aliphatic heterocycles. The summed E-state index contributed by atoms with van der Waals surface area (Å²) in [5.74, 6) is 0.585. The fourth-order valence-corrected chi connectivity index (χ4v) is 4.83. The second-order valence-corrected chi connectivity index (χ2v) is 8.60. The monoisotopic (exact) mass is 470 g/mol. The number of carbonyl (C=O) groups excluding carboxylic acids is 1. The molecule has 1 aliphatic rings. The van der Waals surface area contributed by atoms with Gasteiger partial charge in [-0.25, -0.2) is 0 Å². The lowest BCUT2D eigenvalue weighted by Gasteiger charge is -2.11. The first-order chi connectivity index (χ1) is 12.5. The number of thioether (sulfide) groups is 1. The number of amidine groups is 1. The van der Waals surface area contributed by atoms with E-state index >= 15 is 0 Å². The molecular formula is C18H16BrClN2O2S2. The Bertz CT molecular complexity index is 878. The van der Waals surface area contributed by atoms with Crippen LogP contribution in [0, 0.1) is 0 Å². The van der Waals surface area contributed by atoms with Crippen LogP contribution in [0.5, 0.6) is 0 Å². The van der Waals surface area contributed by atoms with Gasteiger partial charge in [0.1, 0.15) is 5.76 Å². The number of amides is 1. The number of likely N-dealkylation sites (N-methyl/N-ethyl adjacent to an activating group) is 1. The maximum absolute atomic E-state index is 12.5. The number of hydrogen-bond donors (Lipinski definition) is 0. The Hall–Kier alpha value is -1.15. The van der Waals surface area contributed by atoms with E-state index < -0.39 is 0 Å². The van der Waals surface area contributed by atoms with Crippen molar-refractivity contribution in [1.29, 1.82) is 0 Å². The SMILES string of the molecule is CCN=C1S/C(=C\c2cc(Br)c(Sc3ccc(Cl)cc3)o2)C(=O)N1CC. The number of hydrogen-bond acceptors (Lipinski definition) is 5. The third-order valence-electron chi connectivity index (χ3n) is 3.47. The summed E-state index contributed by atoms with van der Waals surface area (Å²) in [6.45, 7) is 5.14. The van der Waals surface area contributed by atoms with E-state index in [1.165, 1.54) is 23.5 Å². The average Bonchev–Trinajstić information content (AvgIpc) is 3.10. The molecule has 136 valence electrons. The second-order valence-electron chi connectivity index (χ2n) is 5.26. The standard InChI is InChI=1S/C18H16BrClN2O2S2/c1-3-21-18-22(4-2)16(23)15(26-18)10-12-9-14(19)17(24-12)25-13-7-5-11(20)6-8-13/h5-10H,3-4H2,1-2H3/b15-10-,21-18?. The molecule has 3 rings (SSSR count). The summed E-state index contributed by atoms with van der Waals surface area (Å²) in [5, 5.41) is 2.16. The molecule has 0 N–H and O–H groups in total. The molecule has 4 nitrogen and oxygen atoms in total. The number of nitrogens with zero attached hydrogens (tertiary/aromatic N) is 2. The Labute approximate surface area is 174 Å². The van der Waals surface area contributed by atoms with Gasteiger partial charge in [0, 0.05) is 29.1 Å². The number of furan rings is 1. The van der Waals surface area contributed by atoms with E-state index in [-0.39, 0.29) is 5.91 Å². The second kappa shape index (κ2) is 8.69. The fourth-order valence-electron chi connectivity index (χ4n) is 2.29. The molecule has 1 aromatic carbocycles. The molecule has 1 fully saturated rings. The molecule has 0 bridgehead atoms. The number of carbonyl (C=O) groups is 1. The predicted octanol–water partition coefficient (Wildman–Crippen LogP) is 6.16. The van der Waals surface area contributed by atoms with Crippen molar-refractivity contribution in [1.82, 2.24) is 4.90 Å². The summed E-state index contributed by atoms with van der Waals surface area (Å²) in [7, 11) is 0. The first kappa shape index (κ1) is 19.6. The highest BCUT2D eigenvalue weighted by Crippen LogP contribution is 2.38. The van der Waals surface area contributed by atoms with E-state index in [0.29, 0.717) is 28.8 Å². The van der Waals surface area contributed by atoms with Gasteiger partial charge in [0.2, 0.25) is 0 Å². The van der Waals surface area contributed by atoms with Crippen molar-refractivity contribution >= 4 is 68.2 Å². The van der Waals surface area contributed by atoms with Crippen LogP contribution in [0.4, 0.5) is 0 Å². The molecule has 0 unspecified atom stereocenters. The van der Waals surface area contributed by atoms with E-state index in [4.69, 9.17) is 16.0 Å². The zero-order chi connectivity index (χ0) is 18.7. The summed E-state index contributed by atoms with van der Waals surface area (Å²) < 4.78 is 6.75. The van der Waals surface area contributed by atoms with Gasteiger partial charge in [0.05, 0.1) is 9.38 Å². The van der Waals surface area contributed by atoms with Crippen molar-refractivity contribution < 1.29 is 9.21 Å². The van der Waals surface area contributed by atoms with Crippen LogP contribution in [0.1, 0.15) is 19.6 Å². The molecule has 2 aromatic rings. The summed E-state index contributed by atoms with van der Waals surface area (Å²) >= 11 is 12.3. The van der Waals surface area contributed by atoms with Gasteiger partial charge in [-0.15, -0.1) is 0 Å². The summed E-state index contributed by atoms with van der Waals surface area (Å²) in [5.41, 5.74) is 0. The molecule has 0 aliphatic carbocycles. The molecule has 2 heterocycles. The van der Waals surface area contributed by atoms with Gasteiger partial charge >= 0.3 is 0 Å². The van der Waals surface area contributed by atoms with E-state index in [9.17, 15) is 4.79 Å². The molecule has 8 heteroatoms. The Balaban J connectivity index is 1.82. The molecule has 1 saturated heterocycles. The van der Waals surface area contributed by atoms with Gasteiger partial charge in [-0.05, 0) is 71.9 Å². The van der Waals surface area contributed by atoms with Crippen LogP contribution in [0.2, 0.25) is 5.02 Å². The summed E-state index contributed by atoms with van der Waals surface area (Å²) in [4.78, 5) is 20.2. The molecule has 0 spiro atoms. The van der Waals surface area contributed by atoms with Crippen LogP contribution >= 0.6 is 51.1 Å². The lowest BCUT2D eigenvalue weighted by Crippen LogP contribution is -2.28. The van der Waals surface area contributed by atoms with E-state index in [0.717, 1.165) is 19.6 Å². The Kier molecular flexibility index (Phi) is 6.55. The van der Waals surface area contributed by atoms with E-state index in [1.807, 2.05) is 44.2 Å². The van der Waals surface area contributed by atoms with Crippen LogP contribution in [-0.4, -0.2) is 29.1 Å². The van der Waals surface area contributed by atoms with Crippen molar-refractivity contribution in [2.24, 2.45) is 4.99 Å². The molecule has 0 radical (unpaired) electrons. The van der Waals surface area contributed by atoms with Crippen molar-refractivity contribution in [3.05, 3.63) is 50.5 Å². The van der Waals surface area contributed by atoms with Gasteiger partial charge in [-0.1, -0.05) is 23.4 Å². The molecule has 0 atom stereocenters. The lowest BCUT2D eigenvalue weighted by molar-refractivity contribution is -0.122. The number of halogens is 2. The Morgan fingerprint density at radius 2 is 2.08 bits per heavy atom. The number of benzene rings is 1. The topological polar surface area (TPSA) is 45.8 Å². The fraction of sp³-hybridized carbons (Fsp3) is 0.222. The zero-order valence-corrected chi connectivity index (χ0v) is 18.1. The largest absolute Gasteiger partial charge is 0.449 e. The third kappa shape index (κ3) is 4.39. The minimum absolute atomic E-state index is 0.0378. The van der Waals surface area contributed by atoms with Crippen molar-refractivity contribution in [3.8, 4) is 0 Å². The highest BCUT2D eigenvalue weighted by Gasteiger charge is 2.32. The molecule has 26 heavy (non-hydrogen) atoms. The van der Waals surface area contributed by atoms with Gasteiger partial charge in [0.15, 0.2) is 10.3 Å². The third-order valence-corrected chi connectivity index (χ3v) is 6.61. The van der Waals surface area contributed by atoms with Crippen molar-refractivity contribution in [2.75, 3.05) is 13.1 Å². The first-order valence-electron chi connectivity index (χ1n) is 8.00. The van der Waals surface area contributed by atoms with E-state index in [2.05, 4.69) is 20.9 Å². The van der Waals surface area contributed by atoms with Crippen LogP contribution in [0.25, 0.3) is 6.08 Å². The predicted molar refractivity (Wildman–Crippen MR) is 113 cm³/mol. The van der Waals surface area contributed by atoms with Crippen molar-refractivity contribution in [3.63, 3.8) is 0 Å². The van der Waals surface area contributed by atoms with Crippen LogP contribution in [-0.2, 0) is 4.79 Å². The molecule has 1 aromatic heterocycles. The van der Waals surface area contributed by atoms with Gasteiger partial charge in [0.25, 0.3) is 5.91 Å². The molecule has 1 amide bonds. The van der Waals surface area contributed by atoms with E-state index in [1.54, 1.807) is 11.0 Å². The summed E-state index contributed by atoms with van der Waals surface area (Å²) in [6.07, 6.45) is 1.77. The normalized spacial score (nSPS) is 17.7. The van der Waals surface area contributed by atoms with Crippen LogP contribution in [0.3, 0.4) is 0 Å². The maximum Gasteiger partial charge on any atom is 0.266 e. The van der Waals surface area contributed by atoms with Crippen molar-refractivity contribution in [2.45, 2.75) is 23.8 Å². The average molecular weight is 472 g/mol. The number of rotatable bonds is 5. The molecule has 0 saturated carbocycles. The highest BCUT2D eigenvalue weighted by molar-refractivity contribution is 9.10. The van der Waals surface area contributed by atoms with Gasteiger partial charge in [-0.3, -0.25) is 14.7 Å². The quantitative estimate of drug-likeness (QED) is 0.490. The minimum Gasteiger partial charge on any atom is -0.449 e. The highest BCUT2D eigenvalue weighted by atomic mass is 79.9. The smallest absolute Gasteiger partial charge is 0.266 e. The number of aliphatic imine (C=N–C) groups is 1. The summed E-state index contributed by atoms with van der Waals surface area (Å²) in [6, 6.07) is 9.41. The minimum atomic E-state index is -0.0378. The maximum atomic E-state index is 12.5. The van der Waals surface area contributed by atoms with Gasteiger partial charge in [-0.2, -0.15) is 0 Å². The first-order valence-corrected chi connectivity index (χ1v) is 10.8. The zero-order valence-electron chi connectivity index (χ0n) is 14.2. The van der Waals surface area contributed by atoms with Gasteiger partial charge < -0.3 is 4.42 Å². The van der Waals surface area contributed by atoms with Crippen LogP contribution < -0.4 is 0 Å². The Morgan fingerprint density at radius 1 is 1.35 bits per heavy atom.